The zero-order valence-corrected chi connectivity index (χ0v) is 19.4. The first-order valence-corrected chi connectivity index (χ1v) is 11.1. The van der Waals surface area contributed by atoms with Gasteiger partial charge in [-0.3, -0.25) is 4.79 Å². The third-order valence-electron chi connectivity index (χ3n) is 5.96. The number of hydrogen-bond acceptors (Lipinski definition) is 4. The monoisotopic (exact) mass is 454 g/mol. The van der Waals surface area contributed by atoms with E-state index in [2.05, 4.69) is 29.7 Å². The van der Waals surface area contributed by atoms with E-state index in [0.29, 0.717) is 24.6 Å². The van der Waals surface area contributed by atoms with Crippen molar-refractivity contribution in [3.05, 3.63) is 95.5 Å². The largest absolute Gasteiger partial charge is 0.493 e. The Morgan fingerprint density at radius 1 is 0.971 bits per heavy atom. The molecule has 172 valence electrons. The van der Waals surface area contributed by atoms with Crippen LogP contribution in [-0.4, -0.2) is 39.4 Å². The third kappa shape index (κ3) is 3.96. The molecule has 5 rings (SSSR count). The number of benzene rings is 2. The van der Waals surface area contributed by atoms with Crippen molar-refractivity contribution >= 4 is 12.0 Å². The lowest BCUT2D eigenvalue weighted by Crippen LogP contribution is -2.24. The van der Waals surface area contributed by atoms with Crippen molar-refractivity contribution < 1.29 is 14.3 Å². The van der Waals surface area contributed by atoms with E-state index >= 15 is 0 Å². The maximum Gasteiger partial charge on any atom is 0.247 e. The predicted octanol–water partition coefficient (Wildman–Crippen LogP) is 4.54. The number of hydrogen-bond donors (Lipinski definition) is 0. The molecule has 0 unspecified atom stereocenters. The number of methoxy groups -OCH3 is 2. The summed E-state index contributed by atoms with van der Waals surface area (Å²) in [5.41, 5.74) is 5.01. The Labute approximate surface area is 198 Å². The molecule has 0 saturated carbocycles. The molecule has 4 aromatic rings. The molecule has 0 radical (unpaired) electrons. The molecule has 2 aromatic carbocycles. The molecule has 0 N–H and O–H groups in total. The first-order chi connectivity index (χ1) is 16.6. The van der Waals surface area contributed by atoms with E-state index in [1.54, 1.807) is 26.4 Å². The Hall–Kier alpha value is -4.26. The van der Waals surface area contributed by atoms with Gasteiger partial charge in [-0.25, -0.2) is 4.68 Å². The van der Waals surface area contributed by atoms with Crippen LogP contribution in [0.1, 0.15) is 22.4 Å². The van der Waals surface area contributed by atoms with Gasteiger partial charge < -0.3 is 18.9 Å². The molecule has 0 atom stereocenters. The van der Waals surface area contributed by atoms with E-state index in [-0.39, 0.29) is 5.91 Å². The molecule has 1 aliphatic rings. The zero-order valence-electron chi connectivity index (χ0n) is 19.4. The SMILES string of the molecule is COc1ccc(/C=C/C(=O)N2Cc3nn(-c4cccc(C)c4)c(-n4cccc4)c3C2)cc1OC. The van der Waals surface area contributed by atoms with Crippen LogP contribution >= 0.6 is 0 Å². The van der Waals surface area contributed by atoms with E-state index in [1.807, 2.05) is 58.4 Å². The van der Waals surface area contributed by atoms with Crippen LogP contribution in [0, 0.1) is 6.92 Å². The van der Waals surface area contributed by atoms with Crippen LogP contribution < -0.4 is 9.47 Å². The molecule has 2 aromatic heterocycles. The molecular weight excluding hydrogens is 428 g/mol. The molecular formula is C27H26N4O3. The highest BCUT2D eigenvalue weighted by Crippen LogP contribution is 2.31. The molecule has 1 amide bonds. The number of aromatic nitrogens is 3. The van der Waals surface area contributed by atoms with Crippen LogP contribution in [0.3, 0.4) is 0 Å². The van der Waals surface area contributed by atoms with Gasteiger partial charge in [-0.2, -0.15) is 5.10 Å². The maximum absolute atomic E-state index is 13.0. The van der Waals surface area contributed by atoms with Crippen LogP contribution in [0.15, 0.2) is 73.1 Å². The number of aryl methyl sites for hydroxylation is 1. The average Bonchev–Trinajstić information content (AvgIpc) is 3.58. The number of carbonyl (C=O) groups excluding carboxylic acids is 1. The molecule has 3 heterocycles. The number of carbonyl (C=O) groups is 1. The molecule has 0 spiro atoms. The van der Waals surface area contributed by atoms with Crippen LogP contribution in [0.4, 0.5) is 0 Å². The van der Waals surface area contributed by atoms with Gasteiger partial charge in [0.05, 0.1) is 38.7 Å². The summed E-state index contributed by atoms with van der Waals surface area (Å²) in [6, 6.07) is 17.8. The lowest BCUT2D eigenvalue weighted by molar-refractivity contribution is -0.126. The van der Waals surface area contributed by atoms with Crippen LogP contribution in [0.25, 0.3) is 17.6 Å². The molecule has 1 aliphatic heterocycles. The molecule has 7 heteroatoms. The summed E-state index contributed by atoms with van der Waals surface area (Å²) in [4.78, 5) is 14.8. The Morgan fingerprint density at radius 3 is 2.50 bits per heavy atom. The summed E-state index contributed by atoms with van der Waals surface area (Å²) in [5.74, 6) is 2.18. The standard InChI is InChI=1S/C27H26N4O3/c1-19-7-6-8-21(15-19)31-27(29-13-4-5-14-29)22-17-30(18-23(22)28-31)26(32)12-10-20-9-11-24(33-2)25(16-20)34-3/h4-16H,17-18H2,1-3H3/b12-10+. The first kappa shape index (κ1) is 21.6. The van der Waals surface area contributed by atoms with E-state index < -0.39 is 0 Å². The molecule has 0 fully saturated rings. The zero-order chi connectivity index (χ0) is 23.7. The number of rotatable bonds is 6. The highest BCUT2D eigenvalue weighted by molar-refractivity contribution is 5.92. The quantitative estimate of drug-likeness (QED) is 0.401. The summed E-state index contributed by atoms with van der Waals surface area (Å²) < 4.78 is 14.7. The maximum atomic E-state index is 13.0. The predicted molar refractivity (Wildman–Crippen MR) is 130 cm³/mol. The topological polar surface area (TPSA) is 61.5 Å². The van der Waals surface area contributed by atoms with Crippen molar-refractivity contribution in [1.82, 2.24) is 19.2 Å². The summed E-state index contributed by atoms with van der Waals surface area (Å²) in [6.07, 6.45) is 7.40. The Morgan fingerprint density at radius 2 is 1.76 bits per heavy atom. The van der Waals surface area contributed by atoms with E-state index in [0.717, 1.165) is 28.3 Å². The summed E-state index contributed by atoms with van der Waals surface area (Å²) in [5, 5.41) is 4.90. The van der Waals surface area contributed by atoms with Crippen molar-refractivity contribution in [1.29, 1.82) is 0 Å². The second kappa shape index (κ2) is 8.94. The number of amides is 1. The molecule has 0 aliphatic carbocycles. The van der Waals surface area contributed by atoms with Gasteiger partial charge in [-0.15, -0.1) is 0 Å². The highest BCUT2D eigenvalue weighted by atomic mass is 16.5. The van der Waals surface area contributed by atoms with Gasteiger partial charge in [0.15, 0.2) is 11.5 Å². The van der Waals surface area contributed by atoms with Gasteiger partial charge >= 0.3 is 0 Å². The number of nitrogens with zero attached hydrogens (tertiary/aromatic N) is 4. The van der Waals surface area contributed by atoms with Crippen molar-refractivity contribution in [3.8, 4) is 23.0 Å². The van der Waals surface area contributed by atoms with E-state index in [1.165, 1.54) is 5.56 Å². The Balaban J connectivity index is 1.41. The summed E-state index contributed by atoms with van der Waals surface area (Å²) in [7, 11) is 3.19. The fourth-order valence-electron chi connectivity index (χ4n) is 4.27. The first-order valence-electron chi connectivity index (χ1n) is 11.1. The van der Waals surface area contributed by atoms with Gasteiger partial charge in [0.1, 0.15) is 5.82 Å². The van der Waals surface area contributed by atoms with Crippen molar-refractivity contribution in [2.75, 3.05) is 14.2 Å². The minimum atomic E-state index is -0.0617. The second-order valence-electron chi connectivity index (χ2n) is 8.23. The fourth-order valence-corrected chi connectivity index (χ4v) is 4.27. The summed E-state index contributed by atoms with van der Waals surface area (Å²) >= 11 is 0. The van der Waals surface area contributed by atoms with Gasteiger partial charge in [0.2, 0.25) is 5.91 Å². The lowest BCUT2D eigenvalue weighted by atomic mass is 10.2. The van der Waals surface area contributed by atoms with E-state index in [9.17, 15) is 4.79 Å². The molecule has 0 bridgehead atoms. The molecule has 0 saturated heterocycles. The van der Waals surface area contributed by atoms with Gasteiger partial charge in [-0.05, 0) is 60.5 Å². The van der Waals surface area contributed by atoms with Crippen LogP contribution in [0.2, 0.25) is 0 Å². The number of ether oxygens (including phenoxy) is 2. The third-order valence-corrected chi connectivity index (χ3v) is 5.96. The van der Waals surface area contributed by atoms with Crippen LogP contribution in [-0.2, 0) is 17.9 Å². The van der Waals surface area contributed by atoms with Crippen molar-refractivity contribution in [2.45, 2.75) is 20.0 Å². The Kier molecular flexibility index (Phi) is 5.67. The van der Waals surface area contributed by atoms with Crippen molar-refractivity contribution in [2.24, 2.45) is 0 Å². The van der Waals surface area contributed by atoms with Gasteiger partial charge in [0.25, 0.3) is 0 Å². The normalized spacial score (nSPS) is 12.9. The minimum absolute atomic E-state index is 0.0617. The smallest absolute Gasteiger partial charge is 0.247 e. The molecule has 34 heavy (non-hydrogen) atoms. The number of fused-ring (bicyclic) bond motifs is 1. The highest BCUT2D eigenvalue weighted by Gasteiger charge is 2.30. The Bertz CT molecular complexity index is 1370. The molecule has 7 nitrogen and oxygen atoms in total. The van der Waals surface area contributed by atoms with E-state index in [4.69, 9.17) is 14.6 Å². The van der Waals surface area contributed by atoms with Crippen molar-refractivity contribution in [3.63, 3.8) is 0 Å². The van der Waals surface area contributed by atoms with Gasteiger partial charge in [-0.1, -0.05) is 18.2 Å². The minimum Gasteiger partial charge on any atom is -0.493 e. The fraction of sp³-hybridized carbons (Fsp3) is 0.185. The van der Waals surface area contributed by atoms with Crippen LogP contribution in [0.5, 0.6) is 11.5 Å². The lowest BCUT2D eigenvalue weighted by Gasteiger charge is -2.16. The van der Waals surface area contributed by atoms with Gasteiger partial charge in [0, 0.05) is 24.0 Å². The second-order valence-corrected chi connectivity index (χ2v) is 8.23. The average molecular weight is 455 g/mol. The summed E-state index contributed by atoms with van der Waals surface area (Å²) in [6.45, 7) is 3.04.